The fraction of sp³-hybridized carbons (Fsp3) is 0.0526. The third kappa shape index (κ3) is 2.97. The molecule has 3 rings (SSSR count). The number of rotatable bonds is 4. The second-order valence-electron chi connectivity index (χ2n) is 4.80. The standard InChI is InChI=1S/C19H14N2O/c20-12-16-10-11-21-13-18(16)17-8-4-5-9-19(17)22-14-15-6-2-1-3-7-15/h1-11,13H,14H2. The molecule has 1 heterocycles. The first-order chi connectivity index (χ1) is 10.9. The van der Waals surface area contributed by atoms with Crippen LogP contribution in [0.2, 0.25) is 0 Å². The molecule has 0 radical (unpaired) electrons. The van der Waals surface area contributed by atoms with Gasteiger partial charge < -0.3 is 4.74 Å². The number of hydrogen-bond acceptors (Lipinski definition) is 3. The topological polar surface area (TPSA) is 45.9 Å². The Balaban J connectivity index is 1.92. The summed E-state index contributed by atoms with van der Waals surface area (Å²) < 4.78 is 5.94. The van der Waals surface area contributed by atoms with Crippen molar-refractivity contribution in [1.82, 2.24) is 4.98 Å². The highest BCUT2D eigenvalue weighted by Crippen LogP contribution is 2.31. The van der Waals surface area contributed by atoms with Gasteiger partial charge >= 0.3 is 0 Å². The fourth-order valence-corrected chi connectivity index (χ4v) is 2.26. The number of hydrogen-bond donors (Lipinski definition) is 0. The molecule has 3 aromatic rings. The Labute approximate surface area is 129 Å². The smallest absolute Gasteiger partial charge is 0.127 e. The van der Waals surface area contributed by atoms with Gasteiger partial charge in [0.2, 0.25) is 0 Å². The van der Waals surface area contributed by atoms with Gasteiger partial charge in [0, 0.05) is 23.5 Å². The van der Waals surface area contributed by atoms with E-state index in [1.807, 2.05) is 54.6 Å². The van der Waals surface area contributed by atoms with Crippen LogP contribution in [0, 0.1) is 11.3 Å². The third-order valence-corrected chi connectivity index (χ3v) is 3.36. The van der Waals surface area contributed by atoms with Crippen molar-refractivity contribution >= 4 is 0 Å². The summed E-state index contributed by atoms with van der Waals surface area (Å²) in [6.45, 7) is 0.486. The molecule has 0 amide bonds. The van der Waals surface area contributed by atoms with Crippen molar-refractivity contribution in [1.29, 1.82) is 5.26 Å². The van der Waals surface area contributed by atoms with Crippen LogP contribution in [-0.2, 0) is 6.61 Å². The number of nitrogens with zero attached hydrogens (tertiary/aromatic N) is 2. The Morgan fingerprint density at radius 3 is 2.50 bits per heavy atom. The average molecular weight is 286 g/mol. The summed E-state index contributed by atoms with van der Waals surface area (Å²) in [5, 5.41) is 9.26. The lowest BCUT2D eigenvalue weighted by atomic mass is 10.0. The zero-order valence-corrected chi connectivity index (χ0v) is 11.9. The SMILES string of the molecule is N#Cc1ccncc1-c1ccccc1OCc1ccccc1. The summed E-state index contributed by atoms with van der Waals surface area (Å²) in [5.74, 6) is 0.746. The largest absolute Gasteiger partial charge is 0.488 e. The molecular formula is C19H14N2O. The molecule has 0 fully saturated rings. The van der Waals surface area contributed by atoms with E-state index < -0.39 is 0 Å². The van der Waals surface area contributed by atoms with Crippen LogP contribution in [0.15, 0.2) is 73.1 Å². The minimum absolute atomic E-state index is 0.486. The zero-order valence-electron chi connectivity index (χ0n) is 11.9. The molecular weight excluding hydrogens is 272 g/mol. The molecule has 2 aromatic carbocycles. The number of para-hydroxylation sites is 1. The molecule has 0 spiro atoms. The van der Waals surface area contributed by atoms with Crippen molar-refractivity contribution in [2.24, 2.45) is 0 Å². The van der Waals surface area contributed by atoms with Crippen LogP contribution in [0.1, 0.15) is 11.1 Å². The van der Waals surface area contributed by atoms with Gasteiger partial charge in [0.15, 0.2) is 0 Å². The van der Waals surface area contributed by atoms with Crippen molar-refractivity contribution in [3.05, 3.63) is 84.2 Å². The molecule has 3 nitrogen and oxygen atoms in total. The van der Waals surface area contributed by atoms with E-state index in [1.54, 1.807) is 18.5 Å². The predicted octanol–water partition coefficient (Wildman–Crippen LogP) is 4.20. The maximum atomic E-state index is 9.26. The number of aromatic nitrogens is 1. The molecule has 0 bridgehead atoms. The van der Waals surface area contributed by atoms with Gasteiger partial charge in [-0.2, -0.15) is 5.26 Å². The maximum Gasteiger partial charge on any atom is 0.127 e. The van der Waals surface area contributed by atoms with Crippen molar-refractivity contribution < 1.29 is 4.74 Å². The van der Waals surface area contributed by atoms with Gasteiger partial charge in [-0.15, -0.1) is 0 Å². The van der Waals surface area contributed by atoms with E-state index in [0.717, 1.165) is 22.4 Å². The first-order valence-electron chi connectivity index (χ1n) is 6.99. The van der Waals surface area contributed by atoms with Crippen molar-refractivity contribution in [2.75, 3.05) is 0 Å². The second kappa shape index (κ2) is 6.55. The van der Waals surface area contributed by atoms with Gasteiger partial charge in [-0.25, -0.2) is 0 Å². The van der Waals surface area contributed by atoms with E-state index in [2.05, 4.69) is 11.1 Å². The van der Waals surface area contributed by atoms with E-state index in [9.17, 15) is 5.26 Å². The van der Waals surface area contributed by atoms with Crippen molar-refractivity contribution in [3.8, 4) is 22.9 Å². The molecule has 0 saturated carbocycles. The van der Waals surface area contributed by atoms with Crippen molar-refractivity contribution in [3.63, 3.8) is 0 Å². The molecule has 0 aliphatic rings. The summed E-state index contributed by atoms with van der Waals surface area (Å²) in [4.78, 5) is 4.12. The Morgan fingerprint density at radius 1 is 0.909 bits per heavy atom. The lowest BCUT2D eigenvalue weighted by molar-refractivity contribution is 0.307. The van der Waals surface area contributed by atoms with Gasteiger partial charge in [0.1, 0.15) is 12.4 Å². The number of pyridine rings is 1. The summed E-state index contributed by atoms with van der Waals surface area (Å²) in [6, 6.07) is 21.6. The number of ether oxygens (including phenoxy) is 1. The first-order valence-corrected chi connectivity index (χ1v) is 6.99. The van der Waals surface area contributed by atoms with Gasteiger partial charge in [-0.1, -0.05) is 48.5 Å². The lowest BCUT2D eigenvalue weighted by Crippen LogP contribution is -1.97. The molecule has 22 heavy (non-hydrogen) atoms. The highest BCUT2D eigenvalue weighted by Gasteiger charge is 2.10. The quantitative estimate of drug-likeness (QED) is 0.722. The Kier molecular flexibility index (Phi) is 4.12. The van der Waals surface area contributed by atoms with Crippen LogP contribution < -0.4 is 4.74 Å². The number of benzene rings is 2. The molecule has 0 unspecified atom stereocenters. The van der Waals surface area contributed by atoms with Crippen LogP contribution in [0.4, 0.5) is 0 Å². The highest BCUT2D eigenvalue weighted by molar-refractivity contribution is 5.74. The predicted molar refractivity (Wildman–Crippen MR) is 85.2 cm³/mol. The Bertz CT molecular complexity index is 807. The van der Waals surface area contributed by atoms with Crippen LogP contribution in [0.25, 0.3) is 11.1 Å². The Hall–Kier alpha value is -3.12. The minimum atomic E-state index is 0.486. The molecule has 106 valence electrons. The van der Waals surface area contributed by atoms with Crippen LogP contribution in [0.3, 0.4) is 0 Å². The molecule has 3 heteroatoms. The van der Waals surface area contributed by atoms with E-state index in [1.165, 1.54) is 0 Å². The van der Waals surface area contributed by atoms with Gasteiger partial charge in [-0.3, -0.25) is 4.98 Å². The van der Waals surface area contributed by atoms with Crippen molar-refractivity contribution in [2.45, 2.75) is 6.61 Å². The molecule has 0 N–H and O–H groups in total. The summed E-state index contributed by atoms with van der Waals surface area (Å²) in [7, 11) is 0. The molecule has 0 aliphatic heterocycles. The van der Waals surface area contributed by atoms with E-state index in [0.29, 0.717) is 12.2 Å². The molecule has 0 aliphatic carbocycles. The molecule has 0 saturated heterocycles. The monoisotopic (exact) mass is 286 g/mol. The average Bonchev–Trinajstić information content (AvgIpc) is 2.61. The fourth-order valence-electron chi connectivity index (χ4n) is 2.26. The summed E-state index contributed by atoms with van der Waals surface area (Å²) in [6.07, 6.45) is 3.32. The van der Waals surface area contributed by atoms with Gasteiger partial charge in [0.25, 0.3) is 0 Å². The minimum Gasteiger partial charge on any atom is -0.488 e. The maximum absolute atomic E-state index is 9.26. The third-order valence-electron chi connectivity index (χ3n) is 3.36. The second-order valence-corrected chi connectivity index (χ2v) is 4.80. The van der Waals surface area contributed by atoms with Gasteiger partial charge in [-0.05, 0) is 17.7 Å². The zero-order chi connectivity index (χ0) is 15.2. The van der Waals surface area contributed by atoms with E-state index >= 15 is 0 Å². The Morgan fingerprint density at radius 2 is 1.68 bits per heavy atom. The van der Waals surface area contributed by atoms with E-state index in [4.69, 9.17) is 4.74 Å². The first kappa shape index (κ1) is 13.8. The molecule has 0 atom stereocenters. The van der Waals surface area contributed by atoms with E-state index in [-0.39, 0.29) is 0 Å². The van der Waals surface area contributed by atoms with Crippen LogP contribution in [0.5, 0.6) is 5.75 Å². The summed E-state index contributed by atoms with van der Waals surface area (Å²) in [5.41, 5.74) is 3.35. The normalized spacial score (nSPS) is 9.95. The number of nitriles is 1. The van der Waals surface area contributed by atoms with Gasteiger partial charge in [0.05, 0.1) is 11.6 Å². The van der Waals surface area contributed by atoms with Crippen LogP contribution in [-0.4, -0.2) is 4.98 Å². The van der Waals surface area contributed by atoms with Crippen LogP contribution >= 0.6 is 0 Å². The highest BCUT2D eigenvalue weighted by atomic mass is 16.5. The summed E-state index contributed by atoms with van der Waals surface area (Å²) >= 11 is 0. The lowest BCUT2D eigenvalue weighted by Gasteiger charge is -2.12. The molecule has 1 aromatic heterocycles.